The molecule has 0 fully saturated rings. The van der Waals surface area contributed by atoms with Crippen LogP contribution in [0.5, 0.6) is 0 Å². The van der Waals surface area contributed by atoms with Gasteiger partial charge in [-0.2, -0.15) is 0 Å². The van der Waals surface area contributed by atoms with Crippen LogP contribution in [-0.4, -0.2) is 19.8 Å². The first-order chi connectivity index (χ1) is 7.89. The Hall–Kier alpha value is -0.703. The summed E-state index contributed by atoms with van der Waals surface area (Å²) in [6.45, 7) is 13.9. The van der Waals surface area contributed by atoms with E-state index in [1.807, 2.05) is 0 Å². The molecule has 0 atom stereocenters. The van der Waals surface area contributed by atoms with Gasteiger partial charge in [0.2, 0.25) is 0 Å². The fraction of sp³-hybridized carbons (Fsp3) is 0.733. The van der Waals surface area contributed by atoms with Crippen molar-refractivity contribution in [1.82, 2.24) is 0 Å². The van der Waals surface area contributed by atoms with E-state index in [2.05, 4.69) is 64.8 Å². The molecule has 17 heavy (non-hydrogen) atoms. The van der Waals surface area contributed by atoms with Gasteiger partial charge in [0.25, 0.3) is 0 Å². The summed E-state index contributed by atoms with van der Waals surface area (Å²) in [5.74, 6) is 8.79. The topological polar surface area (TPSA) is 20.2 Å². The van der Waals surface area contributed by atoms with Crippen molar-refractivity contribution < 1.29 is 5.11 Å². The van der Waals surface area contributed by atoms with Crippen LogP contribution in [0, 0.1) is 23.3 Å². The lowest BCUT2D eigenvalue weighted by molar-refractivity contribution is 0.305. The molecule has 0 aromatic carbocycles. The Bertz CT molecular complexity index is 312. The summed E-state index contributed by atoms with van der Waals surface area (Å²) in [6.07, 6.45) is 0.522. The molecule has 2 heteroatoms. The predicted octanol–water partition coefficient (Wildman–Crippen LogP) is 3.59. The Balaban J connectivity index is 5.14. The standard InChI is InChI=1S/C15H26OSi/c1-13(2)17(14(3)4,15(5)6)12-10-8-7-9-11-16/h13-16H,9,11H2,1-6H3. The van der Waals surface area contributed by atoms with E-state index >= 15 is 0 Å². The van der Waals surface area contributed by atoms with Gasteiger partial charge in [0.1, 0.15) is 8.07 Å². The highest BCUT2D eigenvalue weighted by Crippen LogP contribution is 2.40. The van der Waals surface area contributed by atoms with E-state index in [4.69, 9.17) is 5.11 Å². The van der Waals surface area contributed by atoms with Gasteiger partial charge in [-0.05, 0) is 28.5 Å². The molecule has 0 aromatic heterocycles. The SMILES string of the molecule is CC(C)[Si](C#CC#CCCO)(C(C)C)C(C)C. The van der Waals surface area contributed by atoms with Gasteiger partial charge in [0, 0.05) is 6.42 Å². The van der Waals surface area contributed by atoms with Gasteiger partial charge in [-0.1, -0.05) is 47.5 Å². The molecule has 0 aliphatic heterocycles. The summed E-state index contributed by atoms with van der Waals surface area (Å²) in [5.41, 5.74) is 5.47. The average molecular weight is 250 g/mol. The van der Waals surface area contributed by atoms with Crippen molar-refractivity contribution in [2.75, 3.05) is 6.61 Å². The van der Waals surface area contributed by atoms with E-state index in [9.17, 15) is 0 Å². The number of rotatable bonds is 4. The molecular formula is C15H26OSi. The smallest absolute Gasteiger partial charge is 0.147 e. The molecule has 0 aliphatic carbocycles. The van der Waals surface area contributed by atoms with E-state index in [0.29, 0.717) is 23.0 Å². The zero-order chi connectivity index (χ0) is 13.5. The maximum atomic E-state index is 8.65. The molecule has 0 bridgehead atoms. The largest absolute Gasteiger partial charge is 0.395 e. The van der Waals surface area contributed by atoms with Crippen LogP contribution in [0.4, 0.5) is 0 Å². The van der Waals surface area contributed by atoms with Gasteiger partial charge in [-0.15, -0.1) is 5.54 Å². The summed E-state index contributed by atoms with van der Waals surface area (Å²) in [5, 5.41) is 8.65. The van der Waals surface area contributed by atoms with Crippen LogP contribution in [-0.2, 0) is 0 Å². The third-order valence-corrected chi connectivity index (χ3v) is 9.82. The maximum Gasteiger partial charge on any atom is 0.147 e. The molecular weight excluding hydrogens is 224 g/mol. The van der Waals surface area contributed by atoms with Gasteiger partial charge in [-0.3, -0.25) is 0 Å². The van der Waals surface area contributed by atoms with Gasteiger partial charge in [0.05, 0.1) is 6.61 Å². The molecule has 0 spiro atoms. The second-order valence-electron chi connectivity index (χ2n) is 5.42. The minimum atomic E-state index is -1.61. The highest BCUT2D eigenvalue weighted by Gasteiger charge is 2.41. The third-order valence-electron chi connectivity index (χ3n) is 3.53. The Kier molecular flexibility index (Phi) is 7.28. The van der Waals surface area contributed by atoms with Crippen molar-refractivity contribution in [3.05, 3.63) is 0 Å². The number of aliphatic hydroxyl groups is 1. The molecule has 96 valence electrons. The van der Waals surface area contributed by atoms with Crippen molar-refractivity contribution in [2.24, 2.45) is 0 Å². The first-order valence-electron chi connectivity index (χ1n) is 6.50. The van der Waals surface area contributed by atoms with Crippen molar-refractivity contribution >= 4 is 8.07 Å². The van der Waals surface area contributed by atoms with Crippen molar-refractivity contribution in [3.63, 3.8) is 0 Å². The molecule has 0 unspecified atom stereocenters. The van der Waals surface area contributed by atoms with Crippen LogP contribution in [0.1, 0.15) is 48.0 Å². The third kappa shape index (κ3) is 4.23. The Labute approximate surface area is 108 Å². The fourth-order valence-corrected chi connectivity index (χ4v) is 7.88. The van der Waals surface area contributed by atoms with E-state index < -0.39 is 8.07 Å². The molecule has 0 aromatic rings. The quantitative estimate of drug-likeness (QED) is 0.597. The van der Waals surface area contributed by atoms with E-state index in [1.165, 1.54) is 0 Å². The van der Waals surface area contributed by atoms with Crippen LogP contribution >= 0.6 is 0 Å². The lowest BCUT2D eigenvalue weighted by Crippen LogP contribution is -2.43. The zero-order valence-corrected chi connectivity index (χ0v) is 13.1. The van der Waals surface area contributed by atoms with Crippen LogP contribution in [0.3, 0.4) is 0 Å². The maximum absolute atomic E-state index is 8.65. The Morgan fingerprint density at radius 3 is 1.71 bits per heavy atom. The van der Waals surface area contributed by atoms with Crippen LogP contribution in [0.25, 0.3) is 0 Å². The van der Waals surface area contributed by atoms with Crippen LogP contribution in [0.15, 0.2) is 0 Å². The van der Waals surface area contributed by atoms with E-state index in [1.54, 1.807) is 0 Å². The second kappa shape index (κ2) is 7.59. The Morgan fingerprint density at radius 2 is 1.35 bits per heavy atom. The predicted molar refractivity (Wildman–Crippen MR) is 78.3 cm³/mol. The van der Waals surface area contributed by atoms with Gasteiger partial charge < -0.3 is 5.11 Å². The molecule has 1 nitrogen and oxygen atoms in total. The summed E-state index contributed by atoms with van der Waals surface area (Å²) < 4.78 is 0. The summed E-state index contributed by atoms with van der Waals surface area (Å²) in [4.78, 5) is 0. The van der Waals surface area contributed by atoms with Crippen molar-refractivity contribution in [1.29, 1.82) is 0 Å². The highest BCUT2D eigenvalue weighted by molar-refractivity contribution is 6.90. The minimum absolute atomic E-state index is 0.121. The molecule has 0 radical (unpaired) electrons. The fourth-order valence-electron chi connectivity index (χ4n) is 2.74. The van der Waals surface area contributed by atoms with Gasteiger partial charge >= 0.3 is 0 Å². The van der Waals surface area contributed by atoms with Crippen molar-refractivity contribution in [3.8, 4) is 23.3 Å². The van der Waals surface area contributed by atoms with E-state index in [-0.39, 0.29) is 6.61 Å². The van der Waals surface area contributed by atoms with Gasteiger partial charge in [0.15, 0.2) is 0 Å². The Morgan fingerprint density at radius 1 is 0.882 bits per heavy atom. The first-order valence-corrected chi connectivity index (χ1v) is 8.73. The van der Waals surface area contributed by atoms with Crippen molar-refractivity contribution in [2.45, 2.75) is 64.6 Å². The summed E-state index contributed by atoms with van der Waals surface area (Å²) in [7, 11) is -1.61. The van der Waals surface area contributed by atoms with E-state index in [0.717, 1.165) is 0 Å². The minimum Gasteiger partial charge on any atom is -0.395 e. The molecule has 0 aliphatic rings. The first kappa shape index (κ1) is 16.3. The number of hydrogen-bond acceptors (Lipinski definition) is 1. The lowest BCUT2D eigenvalue weighted by Gasteiger charge is -2.37. The highest BCUT2D eigenvalue weighted by atomic mass is 28.3. The monoisotopic (exact) mass is 250 g/mol. The second-order valence-corrected chi connectivity index (χ2v) is 11.0. The van der Waals surface area contributed by atoms with Gasteiger partial charge in [-0.25, -0.2) is 0 Å². The number of hydrogen-bond donors (Lipinski definition) is 1. The molecule has 1 N–H and O–H groups in total. The average Bonchev–Trinajstić information content (AvgIpc) is 2.21. The molecule has 0 heterocycles. The lowest BCUT2D eigenvalue weighted by atomic mass is 10.4. The van der Waals surface area contributed by atoms with Crippen LogP contribution < -0.4 is 0 Å². The summed E-state index contributed by atoms with van der Waals surface area (Å²) >= 11 is 0. The van der Waals surface area contributed by atoms with Crippen LogP contribution in [0.2, 0.25) is 16.6 Å². The molecule has 0 saturated heterocycles. The molecule has 0 saturated carbocycles. The number of aliphatic hydroxyl groups excluding tert-OH is 1. The molecule has 0 rings (SSSR count). The normalized spacial score (nSPS) is 11.2. The summed E-state index contributed by atoms with van der Waals surface area (Å²) in [6, 6.07) is 0. The molecule has 0 amide bonds. The zero-order valence-electron chi connectivity index (χ0n) is 12.1.